The summed E-state index contributed by atoms with van der Waals surface area (Å²) >= 11 is 1.52. The van der Waals surface area contributed by atoms with Crippen molar-refractivity contribution >= 4 is 17.3 Å². The summed E-state index contributed by atoms with van der Waals surface area (Å²) in [4.78, 5) is 10.4. The van der Waals surface area contributed by atoms with E-state index in [0.29, 0.717) is 0 Å². The zero-order chi connectivity index (χ0) is 7.56. The second-order valence-electron chi connectivity index (χ2n) is 2.12. The van der Waals surface area contributed by atoms with Crippen LogP contribution in [0.15, 0.2) is 16.8 Å². The molecule has 0 amide bonds. The molecule has 0 saturated carbocycles. The van der Waals surface area contributed by atoms with Crippen LogP contribution >= 0.6 is 11.3 Å². The first-order chi connectivity index (χ1) is 4.72. The van der Waals surface area contributed by atoms with Crippen LogP contribution in [0.2, 0.25) is 0 Å². The number of carbonyl (C=O) groups is 1. The highest BCUT2D eigenvalue weighted by molar-refractivity contribution is 7.08. The van der Waals surface area contributed by atoms with Crippen molar-refractivity contribution in [3.63, 3.8) is 0 Å². The maximum Gasteiger partial charge on any atom is 0.310 e. The first-order valence-electron chi connectivity index (χ1n) is 2.96. The smallest absolute Gasteiger partial charge is 0.310 e. The molecule has 0 saturated heterocycles. The molecule has 0 aliphatic carbocycles. The van der Waals surface area contributed by atoms with Crippen LogP contribution in [-0.2, 0) is 4.79 Å². The molecule has 0 spiro atoms. The number of carboxylic acids is 1. The lowest BCUT2D eigenvalue weighted by Crippen LogP contribution is -2.05. The van der Waals surface area contributed by atoms with E-state index in [0.717, 1.165) is 5.56 Å². The molecule has 0 radical (unpaired) electrons. The van der Waals surface area contributed by atoms with E-state index in [-0.39, 0.29) is 5.92 Å². The Labute approximate surface area is 63.1 Å². The summed E-state index contributed by atoms with van der Waals surface area (Å²) in [5.41, 5.74) is 0.887. The Morgan fingerprint density at radius 1 is 1.80 bits per heavy atom. The van der Waals surface area contributed by atoms with Gasteiger partial charge in [0.1, 0.15) is 0 Å². The molecule has 0 aliphatic rings. The van der Waals surface area contributed by atoms with E-state index in [9.17, 15) is 4.79 Å². The minimum absolute atomic E-state index is 0.369. The van der Waals surface area contributed by atoms with Crippen LogP contribution in [0.1, 0.15) is 18.4 Å². The summed E-state index contributed by atoms with van der Waals surface area (Å²) in [6.07, 6.45) is 0. The van der Waals surface area contributed by atoms with Crippen LogP contribution in [0.3, 0.4) is 0 Å². The Hall–Kier alpha value is -0.830. The van der Waals surface area contributed by atoms with Crippen LogP contribution in [0.4, 0.5) is 0 Å². The first kappa shape index (κ1) is 7.28. The molecule has 1 unspecified atom stereocenters. The van der Waals surface area contributed by atoms with Crippen molar-refractivity contribution in [2.24, 2.45) is 0 Å². The number of thiophene rings is 1. The van der Waals surface area contributed by atoms with E-state index >= 15 is 0 Å². The molecule has 0 bridgehead atoms. The van der Waals surface area contributed by atoms with Gasteiger partial charge < -0.3 is 5.11 Å². The van der Waals surface area contributed by atoms with Crippen LogP contribution in [0.25, 0.3) is 0 Å². The largest absolute Gasteiger partial charge is 0.481 e. The predicted molar refractivity (Wildman–Crippen MR) is 40.4 cm³/mol. The van der Waals surface area contributed by atoms with E-state index in [1.165, 1.54) is 11.3 Å². The number of aliphatic carboxylic acids is 1. The lowest BCUT2D eigenvalue weighted by molar-refractivity contribution is -0.138. The number of carboxylic acid groups (broad SMARTS) is 1. The summed E-state index contributed by atoms with van der Waals surface area (Å²) in [6, 6.07) is 1.84. The Bertz CT molecular complexity index is 216. The summed E-state index contributed by atoms with van der Waals surface area (Å²) in [6.45, 7) is 1.68. The number of rotatable bonds is 2. The third kappa shape index (κ3) is 1.36. The zero-order valence-electron chi connectivity index (χ0n) is 5.57. The van der Waals surface area contributed by atoms with Gasteiger partial charge in [0.15, 0.2) is 0 Å². The Balaban J connectivity index is 2.77. The van der Waals surface area contributed by atoms with Gasteiger partial charge in [-0.25, -0.2) is 0 Å². The summed E-state index contributed by atoms with van der Waals surface area (Å²) in [5, 5.41) is 12.3. The maximum atomic E-state index is 10.4. The van der Waals surface area contributed by atoms with Gasteiger partial charge in [-0.1, -0.05) is 0 Å². The maximum absolute atomic E-state index is 10.4. The van der Waals surface area contributed by atoms with Crippen molar-refractivity contribution in [1.29, 1.82) is 0 Å². The molecule has 1 aromatic heterocycles. The average Bonchev–Trinajstić information content (AvgIpc) is 2.36. The normalized spacial score (nSPS) is 12.9. The van der Waals surface area contributed by atoms with Crippen molar-refractivity contribution in [1.82, 2.24) is 0 Å². The second kappa shape index (κ2) is 2.84. The quantitative estimate of drug-likeness (QED) is 0.710. The summed E-state index contributed by atoms with van der Waals surface area (Å²) in [5.74, 6) is -1.13. The van der Waals surface area contributed by atoms with E-state index in [2.05, 4.69) is 0 Å². The fourth-order valence-corrected chi connectivity index (χ4v) is 1.42. The molecule has 0 aromatic carbocycles. The van der Waals surface area contributed by atoms with Gasteiger partial charge >= 0.3 is 5.97 Å². The Kier molecular flexibility index (Phi) is 2.06. The first-order valence-corrected chi connectivity index (χ1v) is 3.91. The molecule has 1 heterocycles. The molecule has 1 aromatic rings. The van der Waals surface area contributed by atoms with E-state index < -0.39 is 5.97 Å². The monoisotopic (exact) mass is 156 g/mol. The molecule has 0 aliphatic heterocycles. The van der Waals surface area contributed by atoms with E-state index in [4.69, 9.17) is 5.11 Å². The van der Waals surface area contributed by atoms with Crippen LogP contribution in [0.5, 0.6) is 0 Å². The molecule has 3 heteroatoms. The van der Waals surface area contributed by atoms with E-state index in [1.807, 2.05) is 16.8 Å². The minimum atomic E-state index is -0.765. The summed E-state index contributed by atoms with van der Waals surface area (Å²) < 4.78 is 0. The molecular weight excluding hydrogens is 148 g/mol. The van der Waals surface area contributed by atoms with Gasteiger partial charge in [-0.15, -0.1) is 0 Å². The van der Waals surface area contributed by atoms with Crippen molar-refractivity contribution in [2.75, 3.05) is 0 Å². The van der Waals surface area contributed by atoms with Gasteiger partial charge in [0.05, 0.1) is 5.92 Å². The highest BCUT2D eigenvalue weighted by Gasteiger charge is 2.12. The lowest BCUT2D eigenvalue weighted by Gasteiger charge is -2.00. The molecule has 1 rings (SSSR count). The van der Waals surface area contributed by atoms with Gasteiger partial charge in [-0.3, -0.25) is 4.79 Å². The van der Waals surface area contributed by atoms with Gasteiger partial charge in [-0.2, -0.15) is 11.3 Å². The Morgan fingerprint density at radius 2 is 2.50 bits per heavy atom. The fraction of sp³-hybridized carbons (Fsp3) is 0.286. The second-order valence-corrected chi connectivity index (χ2v) is 2.90. The SMILES string of the molecule is CC(C(=O)O)c1ccsc1. The van der Waals surface area contributed by atoms with Crippen LogP contribution in [-0.4, -0.2) is 11.1 Å². The minimum Gasteiger partial charge on any atom is -0.481 e. The van der Waals surface area contributed by atoms with Crippen molar-refractivity contribution < 1.29 is 9.90 Å². The zero-order valence-corrected chi connectivity index (χ0v) is 6.39. The summed E-state index contributed by atoms with van der Waals surface area (Å²) in [7, 11) is 0. The molecule has 0 fully saturated rings. The molecule has 1 N–H and O–H groups in total. The third-order valence-corrected chi connectivity index (χ3v) is 2.12. The highest BCUT2D eigenvalue weighted by atomic mass is 32.1. The van der Waals surface area contributed by atoms with Gasteiger partial charge in [0.2, 0.25) is 0 Å². The van der Waals surface area contributed by atoms with Gasteiger partial charge in [0.25, 0.3) is 0 Å². The van der Waals surface area contributed by atoms with Crippen molar-refractivity contribution in [3.8, 4) is 0 Å². The van der Waals surface area contributed by atoms with Crippen LogP contribution in [0, 0.1) is 0 Å². The molecule has 10 heavy (non-hydrogen) atoms. The average molecular weight is 156 g/mol. The third-order valence-electron chi connectivity index (χ3n) is 1.41. The molecule has 1 atom stereocenters. The highest BCUT2D eigenvalue weighted by Crippen LogP contribution is 2.17. The molecule has 2 nitrogen and oxygen atoms in total. The van der Waals surface area contributed by atoms with Crippen molar-refractivity contribution in [3.05, 3.63) is 22.4 Å². The van der Waals surface area contributed by atoms with E-state index in [1.54, 1.807) is 6.92 Å². The molecular formula is C7H8O2S. The molecule has 54 valence electrons. The van der Waals surface area contributed by atoms with Crippen LogP contribution < -0.4 is 0 Å². The predicted octanol–water partition coefficient (Wildman–Crippen LogP) is 1.94. The van der Waals surface area contributed by atoms with Gasteiger partial charge in [0, 0.05) is 0 Å². The Morgan fingerprint density at radius 3 is 2.90 bits per heavy atom. The fourth-order valence-electron chi connectivity index (χ4n) is 0.664. The number of hydrogen-bond acceptors (Lipinski definition) is 2. The lowest BCUT2D eigenvalue weighted by atomic mass is 10.1. The number of hydrogen-bond donors (Lipinski definition) is 1. The standard InChI is InChI=1S/C7H8O2S/c1-5(7(8)9)6-2-3-10-4-6/h2-5H,1H3,(H,8,9). The van der Waals surface area contributed by atoms with Gasteiger partial charge in [-0.05, 0) is 29.3 Å². The topological polar surface area (TPSA) is 37.3 Å². The van der Waals surface area contributed by atoms with Crippen molar-refractivity contribution in [2.45, 2.75) is 12.8 Å².